The average Bonchev–Trinajstić information content (AvgIpc) is 3.38. The third-order valence-electron chi connectivity index (χ3n) is 7.02. The molecule has 5 rings (SSSR count). The Morgan fingerprint density at radius 3 is 2.22 bits per heavy atom. The second-order valence-electron chi connectivity index (χ2n) is 9.08. The molecule has 0 saturated carbocycles. The first-order valence-electron chi connectivity index (χ1n) is 11.8. The number of carbonyl (C=O) groups excluding carboxylic acids is 1. The van der Waals surface area contributed by atoms with Crippen LogP contribution in [-0.2, 0) is 23.0 Å². The Bertz CT molecular complexity index is 1100. The standard InChI is InChI=1S/C25H31N3O3S/c29-25(27-17-12-20-8-2-3-9-21(20)19-27)23-18-22(10-11-24(23)26-13-6-7-14-26)32(30,31)28-15-4-1-5-16-28/h2-3,8-11,18H,1,4-7,12-17,19H2. The molecule has 2 aromatic rings. The van der Waals surface area contributed by atoms with E-state index in [4.69, 9.17) is 0 Å². The lowest BCUT2D eigenvalue weighted by molar-refractivity contribution is 0.0735. The van der Waals surface area contributed by atoms with Gasteiger partial charge < -0.3 is 9.80 Å². The minimum atomic E-state index is -3.59. The molecule has 0 aliphatic carbocycles. The summed E-state index contributed by atoms with van der Waals surface area (Å²) in [6, 6.07) is 13.4. The molecule has 1 amide bonds. The van der Waals surface area contributed by atoms with Crippen molar-refractivity contribution in [1.82, 2.24) is 9.21 Å². The van der Waals surface area contributed by atoms with Crippen molar-refractivity contribution in [3.8, 4) is 0 Å². The monoisotopic (exact) mass is 453 g/mol. The molecule has 7 heteroatoms. The van der Waals surface area contributed by atoms with Gasteiger partial charge in [-0.05, 0) is 61.4 Å². The van der Waals surface area contributed by atoms with Gasteiger partial charge in [0, 0.05) is 45.0 Å². The summed E-state index contributed by atoms with van der Waals surface area (Å²) in [5, 5.41) is 0. The van der Waals surface area contributed by atoms with Crippen LogP contribution in [0.1, 0.15) is 53.6 Å². The van der Waals surface area contributed by atoms with Crippen molar-refractivity contribution >= 4 is 21.6 Å². The zero-order valence-corrected chi connectivity index (χ0v) is 19.3. The van der Waals surface area contributed by atoms with Crippen molar-refractivity contribution in [1.29, 1.82) is 0 Å². The van der Waals surface area contributed by atoms with Gasteiger partial charge >= 0.3 is 0 Å². The molecule has 3 heterocycles. The second-order valence-corrected chi connectivity index (χ2v) is 11.0. The van der Waals surface area contributed by atoms with Crippen LogP contribution in [0.4, 0.5) is 5.69 Å². The van der Waals surface area contributed by atoms with Crippen molar-refractivity contribution in [2.24, 2.45) is 0 Å². The smallest absolute Gasteiger partial charge is 0.256 e. The molecule has 0 aromatic heterocycles. The van der Waals surface area contributed by atoms with Crippen molar-refractivity contribution in [3.05, 3.63) is 59.2 Å². The van der Waals surface area contributed by atoms with Crippen LogP contribution < -0.4 is 4.90 Å². The van der Waals surface area contributed by atoms with Gasteiger partial charge in [0.1, 0.15) is 0 Å². The summed E-state index contributed by atoms with van der Waals surface area (Å²) in [6.07, 6.45) is 5.87. The van der Waals surface area contributed by atoms with Crippen LogP contribution >= 0.6 is 0 Å². The highest BCUT2D eigenvalue weighted by Gasteiger charge is 2.31. The maximum Gasteiger partial charge on any atom is 0.256 e. The normalized spacial score (nSPS) is 19.8. The highest BCUT2D eigenvalue weighted by atomic mass is 32.2. The fourth-order valence-electron chi connectivity index (χ4n) is 5.17. The van der Waals surface area contributed by atoms with E-state index in [1.165, 1.54) is 11.1 Å². The summed E-state index contributed by atoms with van der Waals surface area (Å²) in [7, 11) is -3.59. The zero-order chi connectivity index (χ0) is 22.1. The Morgan fingerprint density at radius 1 is 0.781 bits per heavy atom. The van der Waals surface area contributed by atoms with Crippen molar-refractivity contribution in [2.45, 2.75) is 50.0 Å². The van der Waals surface area contributed by atoms with E-state index in [0.29, 0.717) is 31.7 Å². The molecule has 2 fully saturated rings. The number of nitrogens with zero attached hydrogens (tertiary/aromatic N) is 3. The first-order chi connectivity index (χ1) is 15.5. The lowest BCUT2D eigenvalue weighted by atomic mass is 9.99. The summed E-state index contributed by atoms with van der Waals surface area (Å²) in [6.45, 7) is 4.14. The van der Waals surface area contributed by atoms with Gasteiger partial charge in [0.05, 0.1) is 10.5 Å². The Kier molecular flexibility index (Phi) is 5.95. The predicted octanol–water partition coefficient (Wildman–Crippen LogP) is 3.66. The van der Waals surface area contributed by atoms with Gasteiger partial charge in [-0.15, -0.1) is 0 Å². The van der Waals surface area contributed by atoms with Crippen LogP contribution in [0.15, 0.2) is 47.4 Å². The summed E-state index contributed by atoms with van der Waals surface area (Å²) in [5.74, 6) is -0.0721. The Hall–Kier alpha value is -2.38. The van der Waals surface area contributed by atoms with Crippen LogP contribution in [-0.4, -0.2) is 56.3 Å². The SMILES string of the molecule is O=C(c1cc(S(=O)(=O)N2CCCCC2)ccc1N1CCCC1)N1CCc2ccccc2C1. The molecular formula is C25H31N3O3S. The zero-order valence-electron chi connectivity index (χ0n) is 18.5. The van der Waals surface area contributed by atoms with E-state index in [1.54, 1.807) is 16.4 Å². The number of hydrogen-bond acceptors (Lipinski definition) is 4. The lowest BCUT2D eigenvalue weighted by Gasteiger charge is -2.31. The quantitative estimate of drug-likeness (QED) is 0.709. The van der Waals surface area contributed by atoms with Gasteiger partial charge in [0.15, 0.2) is 0 Å². The third-order valence-corrected chi connectivity index (χ3v) is 8.91. The molecule has 2 aromatic carbocycles. The fraction of sp³-hybridized carbons (Fsp3) is 0.480. The Labute approximate surface area is 190 Å². The predicted molar refractivity (Wildman–Crippen MR) is 125 cm³/mol. The average molecular weight is 454 g/mol. The number of fused-ring (bicyclic) bond motifs is 1. The first-order valence-corrected chi connectivity index (χ1v) is 13.2. The van der Waals surface area contributed by atoms with Crippen molar-refractivity contribution in [2.75, 3.05) is 37.6 Å². The molecule has 0 N–H and O–H groups in total. The molecule has 0 spiro atoms. The van der Waals surface area contributed by atoms with E-state index in [1.807, 2.05) is 23.1 Å². The summed E-state index contributed by atoms with van der Waals surface area (Å²) in [5.41, 5.74) is 3.85. The highest BCUT2D eigenvalue weighted by molar-refractivity contribution is 7.89. The molecule has 0 radical (unpaired) electrons. The second kappa shape index (κ2) is 8.87. The van der Waals surface area contributed by atoms with Crippen LogP contribution in [0, 0.1) is 0 Å². The lowest BCUT2D eigenvalue weighted by Crippen LogP contribution is -2.38. The highest BCUT2D eigenvalue weighted by Crippen LogP contribution is 2.31. The number of rotatable bonds is 4. The van der Waals surface area contributed by atoms with Gasteiger partial charge in [-0.25, -0.2) is 8.42 Å². The van der Waals surface area contributed by atoms with Gasteiger partial charge in [-0.3, -0.25) is 4.79 Å². The number of anilines is 1. The van der Waals surface area contributed by atoms with Gasteiger partial charge in [-0.1, -0.05) is 30.7 Å². The molecule has 3 aliphatic heterocycles. The van der Waals surface area contributed by atoms with Crippen LogP contribution in [0.5, 0.6) is 0 Å². The minimum Gasteiger partial charge on any atom is -0.371 e. The number of sulfonamides is 1. The Balaban J connectivity index is 1.50. The van der Waals surface area contributed by atoms with Gasteiger partial charge in [0.25, 0.3) is 5.91 Å². The molecular weight excluding hydrogens is 422 g/mol. The topological polar surface area (TPSA) is 60.9 Å². The number of benzene rings is 2. The van der Waals surface area contributed by atoms with Gasteiger partial charge in [-0.2, -0.15) is 4.31 Å². The summed E-state index contributed by atoms with van der Waals surface area (Å²) >= 11 is 0. The van der Waals surface area contributed by atoms with Crippen molar-refractivity contribution < 1.29 is 13.2 Å². The number of hydrogen-bond donors (Lipinski definition) is 0. The van der Waals surface area contributed by atoms with E-state index in [-0.39, 0.29) is 10.8 Å². The maximum atomic E-state index is 13.7. The number of piperidine rings is 1. The molecule has 3 aliphatic rings. The number of carbonyl (C=O) groups is 1. The maximum absolute atomic E-state index is 13.7. The largest absolute Gasteiger partial charge is 0.371 e. The molecule has 0 atom stereocenters. The molecule has 32 heavy (non-hydrogen) atoms. The third kappa shape index (κ3) is 4.04. The first kappa shape index (κ1) is 21.5. The fourth-order valence-corrected chi connectivity index (χ4v) is 6.72. The van der Waals surface area contributed by atoms with E-state index in [0.717, 1.165) is 57.3 Å². The summed E-state index contributed by atoms with van der Waals surface area (Å²) < 4.78 is 28.2. The van der Waals surface area contributed by atoms with Crippen LogP contribution in [0.25, 0.3) is 0 Å². The van der Waals surface area contributed by atoms with Crippen LogP contribution in [0.3, 0.4) is 0 Å². The number of amides is 1. The minimum absolute atomic E-state index is 0.0721. The van der Waals surface area contributed by atoms with E-state index < -0.39 is 10.0 Å². The Morgan fingerprint density at radius 2 is 1.47 bits per heavy atom. The molecule has 170 valence electrons. The summed E-state index contributed by atoms with van der Waals surface area (Å²) in [4.78, 5) is 18.1. The molecule has 2 saturated heterocycles. The van der Waals surface area contributed by atoms with Crippen molar-refractivity contribution in [3.63, 3.8) is 0 Å². The van der Waals surface area contributed by atoms with Crippen LogP contribution in [0.2, 0.25) is 0 Å². The molecule has 6 nitrogen and oxygen atoms in total. The van der Waals surface area contributed by atoms with E-state index in [9.17, 15) is 13.2 Å². The van der Waals surface area contributed by atoms with Gasteiger partial charge in [0.2, 0.25) is 10.0 Å². The molecule has 0 unspecified atom stereocenters. The molecule has 0 bridgehead atoms. The van der Waals surface area contributed by atoms with E-state index in [2.05, 4.69) is 17.0 Å². The van der Waals surface area contributed by atoms with E-state index >= 15 is 0 Å².